The average molecular weight is 291 g/mol. The number of hydrogen-bond acceptors (Lipinski definition) is 4. The lowest BCUT2D eigenvalue weighted by Crippen LogP contribution is -2.12. The van der Waals surface area contributed by atoms with Gasteiger partial charge in [0, 0.05) is 11.8 Å². The van der Waals surface area contributed by atoms with Crippen LogP contribution in [0.5, 0.6) is 0 Å². The molecule has 0 saturated heterocycles. The molecule has 20 heavy (non-hydrogen) atoms. The third kappa shape index (κ3) is 2.76. The van der Waals surface area contributed by atoms with Gasteiger partial charge in [-0.15, -0.1) is 0 Å². The number of aromatic amines is 1. The summed E-state index contributed by atoms with van der Waals surface area (Å²) >= 11 is 5.83. The SMILES string of the molecule is N#Cc1ccc(NC(=O)c2cc([N+](=O)[O-])c[nH]2)cc1Cl. The van der Waals surface area contributed by atoms with E-state index in [9.17, 15) is 14.9 Å². The van der Waals surface area contributed by atoms with Gasteiger partial charge in [-0.1, -0.05) is 11.6 Å². The highest BCUT2D eigenvalue weighted by Gasteiger charge is 2.14. The van der Waals surface area contributed by atoms with Gasteiger partial charge in [-0.2, -0.15) is 5.26 Å². The van der Waals surface area contributed by atoms with Crippen molar-refractivity contribution in [2.24, 2.45) is 0 Å². The number of hydrogen-bond donors (Lipinski definition) is 2. The number of halogens is 1. The van der Waals surface area contributed by atoms with Crippen LogP contribution in [-0.2, 0) is 0 Å². The summed E-state index contributed by atoms with van der Waals surface area (Å²) in [5.41, 5.74) is 0.529. The summed E-state index contributed by atoms with van der Waals surface area (Å²) in [5, 5.41) is 22.0. The zero-order valence-corrected chi connectivity index (χ0v) is 10.6. The fourth-order valence-corrected chi connectivity index (χ4v) is 1.72. The number of aromatic nitrogens is 1. The highest BCUT2D eigenvalue weighted by Crippen LogP contribution is 2.21. The Morgan fingerprint density at radius 1 is 1.45 bits per heavy atom. The van der Waals surface area contributed by atoms with Crippen molar-refractivity contribution < 1.29 is 9.72 Å². The topological polar surface area (TPSA) is 112 Å². The largest absolute Gasteiger partial charge is 0.351 e. The van der Waals surface area contributed by atoms with Crippen molar-refractivity contribution in [3.05, 3.63) is 56.9 Å². The number of nitrogens with one attached hydrogen (secondary N) is 2. The van der Waals surface area contributed by atoms with E-state index in [1.807, 2.05) is 6.07 Å². The number of amides is 1. The summed E-state index contributed by atoms with van der Waals surface area (Å²) in [7, 11) is 0. The lowest BCUT2D eigenvalue weighted by Gasteiger charge is -2.04. The van der Waals surface area contributed by atoms with E-state index >= 15 is 0 Å². The van der Waals surface area contributed by atoms with Crippen molar-refractivity contribution in [3.63, 3.8) is 0 Å². The number of H-pyrrole nitrogens is 1. The van der Waals surface area contributed by atoms with Gasteiger partial charge in [0.05, 0.1) is 21.7 Å². The van der Waals surface area contributed by atoms with Gasteiger partial charge in [0.2, 0.25) is 0 Å². The highest BCUT2D eigenvalue weighted by molar-refractivity contribution is 6.32. The molecule has 2 aromatic rings. The van der Waals surface area contributed by atoms with E-state index in [2.05, 4.69) is 10.3 Å². The Balaban J connectivity index is 2.17. The Bertz CT molecular complexity index is 733. The minimum atomic E-state index is -0.605. The molecule has 0 bridgehead atoms. The Hall–Kier alpha value is -2.85. The summed E-state index contributed by atoms with van der Waals surface area (Å²) < 4.78 is 0. The summed E-state index contributed by atoms with van der Waals surface area (Å²) in [6, 6.07) is 7.43. The number of nitrogens with zero attached hydrogens (tertiary/aromatic N) is 2. The number of benzene rings is 1. The van der Waals surface area contributed by atoms with Gasteiger partial charge in [-0.25, -0.2) is 0 Å². The van der Waals surface area contributed by atoms with Gasteiger partial charge in [0.15, 0.2) is 0 Å². The molecule has 2 N–H and O–H groups in total. The van der Waals surface area contributed by atoms with Crippen LogP contribution in [-0.4, -0.2) is 15.8 Å². The molecule has 1 aromatic carbocycles. The molecule has 0 saturated carbocycles. The molecule has 0 fully saturated rings. The van der Waals surface area contributed by atoms with Crippen molar-refractivity contribution in [1.82, 2.24) is 4.98 Å². The van der Waals surface area contributed by atoms with Crippen LogP contribution >= 0.6 is 11.6 Å². The first-order chi connectivity index (χ1) is 9.51. The number of nitro groups is 1. The Morgan fingerprint density at radius 2 is 2.20 bits per heavy atom. The van der Waals surface area contributed by atoms with Crippen LogP contribution in [0, 0.1) is 21.4 Å². The van der Waals surface area contributed by atoms with E-state index in [-0.39, 0.29) is 16.4 Å². The van der Waals surface area contributed by atoms with Crippen molar-refractivity contribution in [1.29, 1.82) is 5.26 Å². The molecule has 0 radical (unpaired) electrons. The van der Waals surface area contributed by atoms with E-state index in [1.54, 1.807) is 0 Å². The number of carbonyl (C=O) groups is 1. The predicted octanol–water partition coefficient (Wildman–Crippen LogP) is 2.70. The van der Waals surface area contributed by atoms with Gasteiger partial charge in [0.25, 0.3) is 11.6 Å². The summed E-state index contributed by atoms with van der Waals surface area (Å²) in [6.07, 6.45) is 1.13. The molecule has 1 amide bonds. The van der Waals surface area contributed by atoms with Crippen LogP contribution in [0.4, 0.5) is 11.4 Å². The number of carbonyl (C=O) groups excluding carboxylic acids is 1. The van der Waals surface area contributed by atoms with E-state index in [0.29, 0.717) is 11.3 Å². The fraction of sp³-hybridized carbons (Fsp3) is 0. The number of rotatable bonds is 3. The van der Waals surface area contributed by atoms with Crippen LogP contribution < -0.4 is 5.32 Å². The van der Waals surface area contributed by atoms with Crippen LogP contribution in [0.1, 0.15) is 16.1 Å². The molecule has 0 aliphatic carbocycles. The minimum absolute atomic E-state index is 0.0529. The Kier molecular flexibility index (Phi) is 3.68. The van der Waals surface area contributed by atoms with Gasteiger partial charge < -0.3 is 10.3 Å². The molecular weight excluding hydrogens is 284 g/mol. The van der Waals surface area contributed by atoms with Crippen LogP contribution in [0.3, 0.4) is 0 Å². The molecule has 0 atom stereocenters. The molecule has 0 spiro atoms. The molecular formula is C12H7ClN4O3. The summed E-state index contributed by atoms with van der Waals surface area (Å²) in [4.78, 5) is 24.3. The lowest BCUT2D eigenvalue weighted by atomic mass is 10.2. The Labute approximate surface area is 117 Å². The standard InChI is InChI=1S/C12H7ClN4O3/c13-10-3-8(2-1-7(10)5-14)16-12(18)11-4-9(6-15-11)17(19)20/h1-4,6,15H,(H,16,18). The first-order valence-electron chi connectivity index (χ1n) is 5.35. The van der Waals surface area contributed by atoms with E-state index in [4.69, 9.17) is 16.9 Å². The fourth-order valence-electron chi connectivity index (χ4n) is 1.50. The van der Waals surface area contributed by atoms with Crippen LogP contribution in [0.15, 0.2) is 30.5 Å². The minimum Gasteiger partial charge on any atom is -0.351 e. The van der Waals surface area contributed by atoms with Gasteiger partial charge in [0.1, 0.15) is 11.8 Å². The molecule has 1 aromatic heterocycles. The highest BCUT2D eigenvalue weighted by atomic mass is 35.5. The quantitative estimate of drug-likeness (QED) is 0.668. The third-order valence-corrected chi connectivity index (χ3v) is 2.78. The van der Waals surface area contributed by atoms with Gasteiger partial charge >= 0.3 is 0 Å². The first kappa shape index (κ1) is 13.6. The van der Waals surface area contributed by atoms with E-state index in [1.165, 1.54) is 18.2 Å². The maximum Gasteiger partial charge on any atom is 0.287 e. The molecule has 0 aliphatic heterocycles. The number of anilines is 1. The van der Waals surface area contributed by atoms with E-state index in [0.717, 1.165) is 12.3 Å². The Morgan fingerprint density at radius 3 is 2.75 bits per heavy atom. The first-order valence-corrected chi connectivity index (χ1v) is 5.73. The second-order valence-electron chi connectivity index (χ2n) is 3.79. The average Bonchev–Trinajstić information content (AvgIpc) is 2.88. The zero-order chi connectivity index (χ0) is 14.7. The number of nitriles is 1. The van der Waals surface area contributed by atoms with Crippen molar-refractivity contribution in [2.75, 3.05) is 5.32 Å². The summed E-state index contributed by atoms with van der Waals surface area (Å²) in [5.74, 6) is -0.543. The van der Waals surface area contributed by atoms with Gasteiger partial charge in [-0.3, -0.25) is 14.9 Å². The van der Waals surface area contributed by atoms with Crippen LogP contribution in [0.25, 0.3) is 0 Å². The molecule has 2 rings (SSSR count). The van der Waals surface area contributed by atoms with Gasteiger partial charge in [-0.05, 0) is 18.2 Å². The van der Waals surface area contributed by atoms with Crippen LogP contribution in [0.2, 0.25) is 5.02 Å². The predicted molar refractivity (Wildman–Crippen MR) is 71.6 cm³/mol. The third-order valence-electron chi connectivity index (χ3n) is 2.47. The molecule has 1 heterocycles. The maximum absolute atomic E-state index is 11.8. The lowest BCUT2D eigenvalue weighted by molar-refractivity contribution is -0.384. The molecule has 0 unspecified atom stereocenters. The summed E-state index contributed by atoms with van der Waals surface area (Å²) in [6.45, 7) is 0. The second kappa shape index (κ2) is 5.42. The zero-order valence-electron chi connectivity index (χ0n) is 9.88. The normalized spacial score (nSPS) is 9.80. The molecule has 7 nitrogen and oxygen atoms in total. The molecule has 100 valence electrons. The molecule has 8 heteroatoms. The smallest absolute Gasteiger partial charge is 0.287 e. The monoisotopic (exact) mass is 290 g/mol. The van der Waals surface area contributed by atoms with Crippen molar-refractivity contribution in [2.45, 2.75) is 0 Å². The second-order valence-corrected chi connectivity index (χ2v) is 4.20. The molecule has 0 aliphatic rings. The van der Waals surface area contributed by atoms with Crippen molar-refractivity contribution >= 4 is 28.9 Å². The maximum atomic E-state index is 11.8. The van der Waals surface area contributed by atoms with Crippen molar-refractivity contribution in [3.8, 4) is 6.07 Å². The van der Waals surface area contributed by atoms with E-state index < -0.39 is 10.8 Å².